The van der Waals surface area contributed by atoms with Crippen LogP contribution in [0.25, 0.3) is 21.3 Å². The summed E-state index contributed by atoms with van der Waals surface area (Å²) in [4.78, 5) is 18.4. The van der Waals surface area contributed by atoms with Crippen LogP contribution in [0.2, 0.25) is 0 Å². The highest BCUT2D eigenvalue weighted by Gasteiger charge is 2.19. The molecule has 0 spiro atoms. The molecule has 1 aliphatic heterocycles. The minimum atomic E-state index is -0.0947. The first kappa shape index (κ1) is 19.1. The molecule has 30 heavy (non-hydrogen) atoms. The third-order valence-corrected chi connectivity index (χ3v) is 6.94. The Hall–Kier alpha value is -2.90. The monoisotopic (exact) mass is 436 g/mol. The standard InChI is InChI=1S/C23H20N2O3S2/c1-2-5-16-15-6-3-4-7-20(15)30-21(16)22(26)25-23-24-17(13-29-23)14-8-9-18-19(12-14)28-11-10-27-18/h3-4,6-9,12-13H,2,5,10-11H2,1H3,(H,24,25,26). The van der Waals surface area contributed by atoms with E-state index in [2.05, 4.69) is 29.4 Å². The molecular weight excluding hydrogens is 416 g/mol. The van der Waals surface area contributed by atoms with Crippen molar-refractivity contribution in [2.75, 3.05) is 18.5 Å². The number of amides is 1. The summed E-state index contributed by atoms with van der Waals surface area (Å²) in [5, 5.41) is 6.70. The molecule has 0 unspecified atom stereocenters. The molecule has 7 heteroatoms. The largest absolute Gasteiger partial charge is 0.486 e. The number of thiazole rings is 1. The molecule has 0 saturated heterocycles. The first-order chi connectivity index (χ1) is 14.7. The van der Waals surface area contributed by atoms with Crippen LogP contribution in [0, 0.1) is 0 Å². The zero-order chi connectivity index (χ0) is 20.5. The van der Waals surface area contributed by atoms with Crippen molar-refractivity contribution in [2.24, 2.45) is 0 Å². The Morgan fingerprint density at radius 1 is 1.13 bits per heavy atom. The third kappa shape index (κ3) is 3.55. The van der Waals surface area contributed by atoms with Gasteiger partial charge in [-0.2, -0.15) is 0 Å². The predicted molar refractivity (Wildman–Crippen MR) is 122 cm³/mol. The number of carbonyl (C=O) groups excluding carboxylic acids is 1. The summed E-state index contributed by atoms with van der Waals surface area (Å²) in [5.41, 5.74) is 2.86. The lowest BCUT2D eigenvalue weighted by atomic mass is 10.1. The molecule has 0 saturated carbocycles. The number of thiophene rings is 1. The van der Waals surface area contributed by atoms with E-state index >= 15 is 0 Å². The van der Waals surface area contributed by atoms with Crippen molar-refractivity contribution in [3.8, 4) is 22.8 Å². The van der Waals surface area contributed by atoms with Crippen molar-refractivity contribution in [2.45, 2.75) is 19.8 Å². The van der Waals surface area contributed by atoms with E-state index in [1.807, 2.05) is 35.7 Å². The number of nitrogens with zero attached hydrogens (tertiary/aromatic N) is 1. The molecular formula is C23H20N2O3S2. The smallest absolute Gasteiger partial charge is 0.267 e. The number of aromatic nitrogens is 1. The van der Waals surface area contributed by atoms with E-state index in [0.29, 0.717) is 18.3 Å². The van der Waals surface area contributed by atoms with E-state index in [1.165, 1.54) is 16.7 Å². The van der Waals surface area contributed by atoms with Crippen molar-refractivity contribution in [3.05, 3.63) is 58.3 Å². The number of anilines is 1. The van der Waals surface area contributed by atoms with Gasteiger partial charge in [-0.05, 0) is 41.6 Å². The van der Waals surface area contributed by atoms with Crippen LogP contribution in [-0.4, -0.2) is 24.1 Å². The van der Waals surface area contributed by atoms with E-state index in [1.54, 1.807) is 11.3 Å². The van der Waals surface area contributed by atoms with Crippen molar-refractivity contribution in [1.82, 2.24) is 4.98 Å². The fourth-order valence-corrected chi connectivity index (χ4v) is 5.46. The maximum absolute atomic E-state index is 13.0. The van der Waals surface area contributed by atoms with Crippen LogP contribution in [-0.2, 0) is 6.42 Å². The fourth-order valence-electron chi connectivity index (χ4n) is 3.60. The normalized spacial score (nSPS) is 12.8. The van der Waals surface area contributed by atoms with Gasteiger partial charge in [0.15, 0.2) is 16.6 Å². The highest BCUT2D eigenvalue weighted by atomic mass is 32.1. The number of nitrogens with one attached hydrogen (secondary N) is 1. The quantitative estimate of drug-likeness (QED) is 0.417. The molecule has 3 heterocycles. The van der Waals surface area contributed by atoms with Crippen LogP contribution in [0.1, 0.15) is 28.6 Å². The summed E-state index contributed by atoms with van der Waals surface area (Å²) >= 11 is 2.96. The summed E-state index contributed by atoms with van der Waals surface area (Å²) in [5.74, 6) is 1.39. The van der Waals surface area contributed by atoms with Gasteiger partial charge in [-0.1, -0.05) is 31.5 Å². The van der Waals surface area contributed by atoms with Gasteiger partial charge in [-0.15, -0.1) is 22.7 Å². The second kappa shape index (κ2) is 8.08. The lowest BCUT2D eigenvalue weighted by molar-refractivity contribution is 0.103. The van der Waals surface area contributed by atoms with Gasteiger partial charge in [-0.3, -0.25) is 10.1 Å². The number of ether oxygens (including phenoxy) is 2. The Labute approximate surface area is 182 Å². The lowest BCUT2D eigenvalue weighted by Crippen LogP contribution is -2.15. The molecule has 1 N–H and O–H groups in total. The number of benzene rings is 2. The molecule has 1 amide bonds. The minimum absolute atomic E-state index is 0.0947. The maximum atomic E-state index is 13.0. The second-order valence-electron chi connectivity index (χ2n) is 7.01. The minimum Gasteiger partial charge on any atom is -0.486 e. The number of rotatable bonds is 5. The predicted octanol–water partition coefficient (Wildman–Crippen LogP) is 6.00. The SMILES string of the molecule is CCCc1c(C(=O)Nc2nc(-c3ccc4c(c3)OCCO4)cs2)sc2ccccc12. The Kier molecular flexibility index (Phi) is 5.14. The van der Waals surface area contributed by atoms with Gasteiger partial charge in [-0.25, -0.2) is 4.98 Å². The zero-order valence-corrected chi connectivity index (χ0v) is 18.1. The number of fused-ring (bicyclic) bond motifs is 2. The summed E-state index contributed by atoms with van der Waals surface area (Å²) < 4.78 is 12.4. The van der Waals surface area contributed by atoms with E-state index in [4.69, 9.17) is 9.47 Å². The van der Waals surface area contributed by atoms with Crippen molar-refractivity contribution >= 4 is 43.8 Å². The average molecular weight is 437 g/mol. The highest BCUT2D eigenvalue weighted by molar-refractivity contribution is 7.21. The molecule has 4 aromatic rings. The molecule has 0 radical (unpaired) electrons. The number of hydrogen-bond acceptors (Lipinski definition) is 6. The molecule has 152 valence electrons. The van der Waals surface area contributed by atoms with Gasteiger partial charge in [0.05, 0.1) is 10.6 Å². The summed E-state index contributed by atoms with van der Waals surface area (Å²) in [6.07, 6.45) is 1.87. The van der Waals surface area contributed by atoms with Gasteiger partial charge in [0.25, 0.3) is 5.91 Å². The van der Waals surface area contributed by atoms with Gasteiger partial charge < -0.3 is 9.47 Å². The Balaban J connectivity index is 1.40. The van der Waals surface area contributed by atoms with Gasteiger partial charge in [0.2, 0.25) is 0 Å². The Morgan fingerprint density at radius 3 is 2.83 bits per heavy atom. The molecule has 2 aromatic carbocycles. The first-order valence-electron chi connectivity index (χ1n) is 9.90. The van der Waals surface area contributed by atoms with Crippen LogP contribution in [0.4, 0.5) is 5.13 Å². The molecule has 5 nitrogen and oxygen atoms in total. The Morgan fingerprint density at radius 2 is 1.97 bits per heavy atom. The lowest BCUT2D eigenvalue weighted by Gasteiger charge is -2.18. The molecule has 5 rings (SSSR count). The van der Waals surface area contributed by atoms with Crippen LogP contribution in [0.15, 0.2) is 47.8 Å². The Bertz CT molecular complexity index is 1230. The summed E-state index contributed by atoms with van der Waals surface area (Å²) in [6.45, 7) is 3.25. The summed E-state index contributed by atoms with van der Waals surface area (Å²) in [6, 6.07) is 14.0. The van der Waals surface area contributed by atoms with Crippen molar-refractivity contribution in [3.63, 3.8) is 0 Å². The topological polar surface area (TPSA) is 60.5 Å². The number of carbonyl (C=O) groups is 1. The molecule has 0 atom stereocenters. The van der Waals surface area contributed by atoms with E-state index < -0.39 is 0 Å². The second-order valence-corrected chi connectivity index (χ2v) is 8.92. The van der Waals surface area contributed by atoms with Gasteiger partial charge >= 0.3 is 0 Å². The molecule has 0 fully saturated rings. The van der Waals surface area contributed by atoms with Crippen LogP contribution in [0.3, 0.4) is 0 Å². The zero-order valence-electron chi connectivity index (χ0n) is 16.4. The average Bonchev–Trinajstić information content (AvgIpc) is 3.39. The van der Waals surface area contributed by atoms with Gasteiger partial charge in [0, 0.05) is 15.6 Å². The van der Waals surface area contributed by atoms with E-state index in [0.717, 1.165) is 50.7 Å². The highest BCUT2D eigenvalue weighted by Crippen LogP contribution is 2.36. The van der Waals surface area contributed by atoms with Gasteiger partial charge in [0.1, 0.15) is 13.2 Å². The number of aryl methyl sites for hydroxylation is 1. The number of hydrogen-bond donors (Lipinski definition) is 1. The molecule has 1 aliphatic rings. The van der Waals surface area contributed by atoms with Crippen LogP contribution in [0.5, 0.6) is 11.5 Å². The summed E-state index contributed by atoms with van der Waals surface area (Å²) in [7, 11) is 0. The maximum Gasteiger partial charge on any atom is 0.267 e. The van der Waals surface area contributed by atoms with E-state index in [-0.39, 0.29) is 5.91 Å². The van der Waals surface area contributed by atoms with Crippen LogP contribution >= 0.6 is 22.7 Å². The third-order valence-electron chi connectivity index (χ3n) is 4.97. The molecule has 0 bridgehead atoms. The van der Waals surface area contributed by atoms with Crippen molar-refractivity contribution in [1.29, 1.82) is 0 Å². The van der Waals surface area contributed by atoms with E-state index in [9.17, 15) is 4.79 Å². The van der Waals surface area contributed by atoms with Crippen molar-refractivity contribution < 1.29 is 14.3 Å². The molecule has 0 aliphatic carbocycles. The fraction of sp³-hybridized carbons (Fsp3) is 0.217. The van der Waals surface area contributed by atoms with Crippen LogP contribution < -0.4 is 14.8 Å². The molecule has 2 aromatic heterocycles. The first-order valence-corrected chi connectivity index (χ1v) is 11.6.